The summed E-state index contributed by atoms with van der Waals surface area (Å²) in [7, 11) is 0. The number of hydrogen-bond acceptors (Lipinski definition) is 2. The Labute approximate surface area is 144 Å². The van der Waals surface area contributed by atoms with Crippen molar-refractivity contribution in [2.24, 2.45) is 5.73 Å². The van der Waals surface area contributed by atoms with Crippen molar-refractivity contribution in [1.82, 2.24) is 0 Å². The minimum atomic E-state index is 0.311. The molecule has 0 saturated heterocycles. The molecule has 0 spiro atoms. The molecule has 3 rings (SSSR count). The zero-order valence-corrected chi connectivity index (χ0v) is 14.2. The molecule has 0 aliphatic rings. The van der Waals surface area contributed by atoms with E-state index < -0.39 is 0 Å². The average Bonchev–Trinajstić information content (AvgIpc) is 2.65. The van der Waals surface area contributed by atoms with Crippen LogP contribution in [0.25, 0.3) is 10.8 Å². The second-order valence-corrected chi connectivity index (χ2v) is 6.14. The first kappa shape index (κ1) is 16.5. The fourth-order valence-electron chi connectivity index (χ4n) is 3.18. The third kappa shape index (κ3) is 3.77. The number of rotatable bonds is 7. The van der Waals surface area contributed by atoms with Gasteiger partial charge in [-0.05, 0) is 59.3 Å². The summed E-state index contributed by atoms with van der Waals surface area (Å²) in [5.41, 5.74) is 8.69. The number of ether oxygens (including phenoxy) is 1. The van der Waals surface area contributed by atoms with Crippen molar-refractivity contribution < 1.29 is 4.74 Å². The zero-order valence-electron chi connectivity index (χ0n) is 14.2. The molecule has 3 aromatic carbocycles. The molecule has 0 bridgehead atoms. The lowest BCUT2D eigenvalue weighted by molar-refractivity contribution is 0.298. The van der Waals surface area contributed by atoms with Gasteiger partial charge in [-0.3, -0.25) is 0 Å². The van der Waals surface area contributed by atoms with Crippen molar-refractivity contribution in [2.45, 2.75) is 25.7 Å². The molecule has 0 radical (unpaired) electrons. The third-order valence-corrected chi connectivity index (χ3v) is 4.59. The third-order valence-electron chi connectivity index (χ3n) is 4.59. The molecule has 24 heavy (non-hydrogen) atoms. The van der Waals surface area contributed by atoms with E-state index in [1.807, 2.05) is 6.07 Å². The molecule has 0 aromatic heterocycles. The van der Waals surface area contributed by atoms with Crippen LogP contribution in [0.2, 0.25) is 0 Å². The molecule has 0 aliphatic carbocycles. The summed E-state index contributed by atoms with van der Waals surface area (Å²) >= 11 is 0. The summed E-state index contributed by atoms with van der Waals surface area (Å²) in [6.45, 7) is 3.47. The highest BCUT2D eigenvalue weighted by molar-refractivity contribution is 5.86. The molecule has 0 heterocycles. The van der Waals surface area contributed by atoms with Crippen molar-refractivity contribution in [3.05, 3.63) is 77.9 Å². The van der Waals surface area contributed by atoms with Crippen LogP contribution in [0, 0.1) is 0 Å². The van der Waals surface area contributed by atoms with Gasteiger partial charge >= 0.3 is 0 Å². The standard InChI is InChI=1S/C22H25NO/c1-2-17-7-5-10-20(15-17)24-14-13-19(16-23)22-12-6-9-18-8-3-4-11-21(18)22/h3-12,15,19H,2,13-14,16,23H2,1H3. The highest BCUT2D eigenvalue weighted by Crippen LogP contribution is 2.27. The van der Waals surface area contributed by atoms with Crippen LogP contribution < -0.4 is 10.5 Å². The monoisotopic (exact) mass is 319 g/mol. The summed E-state index contributed by atoms with van der Waals surface area (Å²) in [6.07, 6.45) is 1.94. The van der Waals surface area contributed by atoms with Crippen molar-refractivity contribution in [3.63, 3.8) is 0 Å². The number of fused-ring (bicyclic) bond motifs is 1. The number of aryl methyl sites for hydroxylation is 1. The summed E-state index contributed by atoms with van der Waals surface area (Å²) in [5.74, 6) is 1.26. The second-order valence-electron chi connectivity index (χ2n) is 6.14. The first-order chi connectivity index (χ1) is 11.8. The molecular weight excluding hydrogens is 294 g/mol. The van der Waals surface area contributed by atoms with E-state index in [1.165, 1.54) is 21.9 Å². The number of nitrogens with two attached hydrogens (primary N) is 1. The Balaban J connectivity index is 1.70. The van der Waals surface area contributed by atoms with Crippen molar-refractivity contribution in [1.29, 1.82) is 0 Å². The van der Waals surface area contributed by atoms with Crippen molar-refractivity contribution in [2.75, 3.05) is 13.2 Å². The summed E-state index contributed by atoms with van der Waals surface area (Å²) in [5, 5.41) is 2.56. The molecule has 3 aromatic rings. The Morgan fingerprint density at radius 3 is 2.58 bits per heavy atom. The molecule has 2 N–H and O–H groups in total. The predicted molar refractivity (Wildman–Crippen MR) is 102 cm³/mol. The fraction of sp³-hybridized carbons (Fsp3) is 0.273. The fourth-order valence-corrected chi connectivity index (χ4v) is 3.18. The van der Waals surface area contributed by atoms with Crippen LogP contribution in [-0.2, 0) is 6.42 Å². The maximum atomic E-state index is 6.07. The van der Waals surface area contributed by atoms with E-state index in [-0.39, 0.29) is 0 Å². The van der Waals surface area contributed by atoms with E-state index in [9.17, 15) is 0 Å². The molecule has 2 heteroatoms. The molecular formula is C22H25NO. The Morgan fingerprint density at radius 1 is 0.958 bits per heavy atom. The van der Waals surface area contributed by atoms with Crippen LogP contribution >= 0.6 is 0 Å². The minimum absolute atomic E-state index is 0.311. The number of hydrogen-bond donors (Lipinski definition) is 1. The molecule has 2 nitrogen and oxygen atoms in total. The molecule has 0 aliphatic heterocycles. The topological polar surface area (TPSA) is 35.2 Å². The molecule has 0 fully saturated rings. The Bertz CT molecular complexity index is 791. The van der Waals surface area contributed by atoms with Gasteiger partial charge in [-0.1, -0.05) is 61.5 Å². The average molecular weight is 319 g/mol. The van der Waals surface area contributed by atoms with Crippen LogP contribution in [0.1, 0.15) is 30.4 Å². The van der Waals surface area contributed by atoms with Gasteiger partial charge in [0.2, 0.25) is 0 Å². The van der Waals surface area contributed by atoms with Gasteiger partial charge in [0.1, 0.15) is 5.75 Å². The van der Waals surface area contributed by atoms with Crippen LogP contribution in [0.5, 0.6) is 5.75 Å². The van der Waals surface area contributed by atoms with Crippen LogP contribution in [0.4, 0.5) is 0 Å². The van der Waals surface area contributed by atoms with Gasteiger partial charge in [0.05, 0.1) is 6.61 Å². The van der Waals surface area contributed by atoms with Gasteiger partial charge in [0.25, 0.3) is 0 Å². The first-order valence-corrected chi connectivity index (χ1v) is 8.71. The lowest BCUT2D eigenvalue weighted by Gasteiger charge is -2.18. The SMILES string of the molecule is CCc1cccc(OCCC(CN)c2cccc3ccccc23)c1. The highest BCUT2D eigenvalue weighted by atomic mass is 16.5. The van der Waals surface area contributed by atoms with E-state index in [1.54, 1.807) is 0 Å². The molecule has 1 atom stereocenters. The molecule has 0 saturated carbocycles. The van der Waals surface area contributed by atoms with Gasteiger partial charge in [0.15, 0.2) is 0 Å². The van der Waals surface area contributed by atoms with E-state index in [0.717, 1.165) is 18.6 Å². The van der Waals surface area contributed by atoms with Gasteiger partial charge in [-0.2, -0.15) is 0 Å². The Hall–Kier alpha value is -2.32. The van der Waals surface area contributed by atoms with E-state index in [2.05, 4.69) is 67.6 Å². The summed E-state index contributed by atoms with van der Waals surface area (Å²) in [6, 6.07) is 23.3. The normalized spacial score (nSPS) is 12.2. The lowest BCUT2D eigenvalue weighted by Crippen LogP contribution is -2.16. The van der Waals surface area contributed by atoms with Crippen molar-refractivity contribution >= 4 is 10.8 Å². The summed E-state index contributed by atoms with van der Waals surface area (Å²) < 4.78 is 5.96. The summed E-state index contributed by atoms with van der Waals surface area (Å²) in [4.78, 5) is 0. The smallest absolute Gasteiger partial charge is 0.119 e. The predicted octanol–water partition coefficient (Wildman–Crippen LogP) is 4.91. The van der Waals surface area contributed by atoms with Gasteiger partial charge < -0.3 is 10.5 Å². The molecule has 1 unspecified atom stereocenters. The van der Waals surface area contributed by atoms with Gasteiger partial charge in [-0.25, -0.2) is 0 Å². The lowest BCUT2D eigenvalue weighted by atomic mass is 9.91. The van der Waals surface area contributed by atoms with E-state index in [0.29, 0.717) is 19.1 Å². The molecule has 0 amide bonds. The van der Waals surface area contributed by atoms with Crippen LogP contribution in [0.3, 0.4) is 0 Å². The first-order valence-electron chi connectivity index (χ1n) is 8.71. The minimum Gasteiger partial charge on any atom is -0.494 e. The van der Waals surface area contributed by atoms with Crippen LogP contribution in [-0.4, -0.2) is 13.2 Å². The van der Waals surface area contributed by atoms with E-state index in [4.69, 9.17) is 10.5 Å². The Morgan fingerprint density at radius 2 is 1.75 bits per heavy atom. The zero-order chi connectivity index (χ0) is 16.8. The number of benzene rings is 3. The maximum absolute atomic E-state index is 6.07. The highest BCUT2D eigenvalue weighted by Gasteiger charge is 2.13. The van der Waals surface area contributed by atoms with E-state index >= 15 is 0 Å². The Kier molecular flexibility index (Phi) is 5.50. The van der Waals surface area contributed by atoms with Crippen LogP contribution in [0.15, 0.2) is 66.7 Å². The maximum Gasteiger partial charge on any atom is 0.119 e. The molecule has 124 valence electrons. The second kappa shape index (κ2) is 7.98. The quantitative estimate of drug-likeness (QED) is 0.671. The largest absolute Gasteiger partial charge is 0.494 e. The van der Waals surface area contributed by atoms with Gasteiger partial charge in [0, 0.05) is 0 Å². The van der Waals surface area contributed by atoms with Gasteiger partial charge in [-0.15, -0.1) is 0 Å². The van der Waals surface area contributed by atoms with Crippen molar-refractivity contribution in [3.8, 4) is 5.75 Å².